The third-order valence-corrected chi connectivity index (χ3v) is 3.40. The molecule has 0 aliphatic carbocycles. The lowest BCUT2D eigenvalue weighted by atomic mass is 10.2. The summed E-state index contributed by atoms with van der Waals surface area (Å²) >= 11 is 0. The molecule has 0 radical (unpaired) electrons. The number of amides is 1. The van der Waals surface area contributed by atoms with Crippen LogP contribution in [0.3, 0.4) is 0 Å². The molecule has 0 aliphatic rings. The summed E-state index contributed by atoms with van der Waals surface area (Å²) in [6.45, 7) is 0. The van der Waals surface area contributed by atoms with Crippen LogP contribution < -0.4 is 15.2 Å². The Morgan fingerprint density at radius 1 is 1.40 bits per heavy atom. The van der Waals surface area contributed by atoms with Gasteiger partial charge in [0.1, 0.15) is 11.4 Å². The number of methoxy groups -OCH3 is 1. The fourth-order valence-electron chi connectivity index (χ4n) is 1.53. The number of H-pyrrole nitrogens is 1. The number of sulfonamides is 1. The number of ether oxygens (including phenoxy) is 1. The number of carbonyl (C=O) groups is 1. The number of aromatic nitrogens is 2. The van der Waals surface area contributed by atoms with Crippen molar-refractivity contribution in [3.05, 3.63) is 36.2 Å². The van der Waals surface area contributed by atoms with E-state index in [0.717, 1.165) is 0 Å². The first kappa shape index (κ1) is 14.0. The summed E-state index contributed by atoms with van der Waals surface area (Å²) < 4.78 is 27.7. The van der Waals surface area contributed by atoms with Gasteiger partial charge in [-0.05, 0) is 24.3 Å². The second kappa shape index (κ2) is 5.31. The van der Waals surface area contributed by atoms with Crippen LogP contribution in [0.2, 0.25) is 0 Å². The first-order valence-corrected chi connectivity index (χ1v) is 6.98. The molecule has 2 rings (SSSR count). The van der Waals surface area contributed by atoms with Crippen molar-refractivity contribution in [2.24, 2.45) is 5.14 Å². The van der Waals surface area contributed by atoms with Crippen molar-refractivity contribution in [3.8, 4) is 5.75 Å². The second-order valence-corrected chi connectivity index (χ2v) is 5.39. The van der Waals surface area contributed by atoms with E-state index in [-0.39, 0.29) is 16.3 Å². The topological polar surface area (TPSA) is 127 Å². The predicted molar refractivity (Wildman–Crippen MR) is 70.9 cm³/mol. The monoisotopic (exact) mass is 296 g/mol. The third-order valence-electron chi connectivity index (χ3n) is 2.49. The molecule has 20 heavy (non-hydrogen) atoms. The van der Waals surface area contributed by atoms with Gasteiger partial charge in [-0.1, -0.05) is 0 Å². The van der Waals surface area contributed by atoms with Crippen molar-refractivity contribution in [3.63, 3.8) is 0 Å². The molecule has 0 saturated heterocycles. The van der Waals surface area contributed by atoms with E-state index in [4.69, 9.17) is 9.88 Å². The van der Waals surface area contributed by atoms with E-state index in [0.29, 0.717) is 5.75 Å². The van der Waals surface area contributed by atoms with Gasteiger partial charge in [0, 0.05) is 6.20 Å². The van der Waals surface area contributed by atoms with Crippen LogP contribution in [-0.4, -0.2) is 31.6 Å². The highest BCUT2D eigenvalue weighted by molar-refractivity contribution is 7.89. The van der Waals surface area contributed by atoms with Gasteiger partial charge in [0.25, 0.3) is 5.91 Å². The number of nitrogens with one attached hydrogen (secondary N) is 2. The Bertz CT molecular complexity index is 725. The van der Waals surface area contributed by atoms with E-state index in [9.17, 15) is 13.2 Å². The van der Waals surface area contributed by atoms with E-state index in [1.807, 2.05) is 0 Å². The molecule has 1 aromatic carbocycles. The highest BCUT2D eigenvalue weighted by Gasteiger charge is 2.15. The highest BCUT2D eigenvalue weighted by atomic mass is 32.2. The molecule has 8 nitrogen and oxygen atoms in total. The summed E-state index contributed by atoms with van der Waals surface area (Å²) in [4.78, 5) is 11.8. The van der Waals surface area contributed by atoms with Crippen molar-refractivity contribution >= 4 is 21.6 Å². The van der Waals surface area contributed by atoms with E-state index in [1.165, 1.54) is 37.6 Å². The zero-order valence-electron chi connectivity index (χ0n) is 10.5. The normalized spacial score (nSPS) is 11.1. The predicted octanol–water partition coefficient (Wildman–Crippen LogP) is 0.318. The molecule has 1 heterocycles. The number of hydrogen-bond acceptors (Lipinski definition) is 5. The molecule has 0 fully saturated rings. The quantitative estimate of drug-likeness (QED) is 0.748. The molecule has 0 atom stereocenters. The molecular weight excluding hydrogens is 284 g/mol. The average Bonchev–Trinajstić information content (AvgIpc) is 2.91. The van der Waals surface area contributed by atoms with Crippen LogP contribution >= 0.6 is 0 Å². The van der Waals surface area contributed by atoms with Gasteiger partial charge in [-0.15, -0.1) is 0 Å². The Morgan fingerprint density at radius 3 is 2.70 bits per heavy atom. The molecular formula is C11H12N4O4S. The van der Waals surface area contributed by atoms with E-state index < -0.39 is 15.9 Å². The first-order valence-electron chi connectivity index (χ1n) is 5.43. The molecule has 1 amide bonds. The summed E-state index contributed by atoms with van der Waals surface area (Å²) in [7, 11) is -2.47. The van der Waals surface area contributed by atoms with Crippen LogP contribution in [0.1, 0.15) is 10.5 Å². The largest absolute Gasteiger partial charge is 0.495 e. The van der Waals surface area contributed by atoms with Crippen molar-refractivity contribution < 1.29 is 17.9 Å². The number of hydrogen-bond donors (Lipinski definition) is 3. The molecule has 0 spiro atoms. The molecule has 4 N–H and O–H groups in total. The third kappa shape index (κ3) is 2.95. The van der Waals surface area contributed by atoms with Crippen LogP contribution in [0.25, 0.3) is 0 Å². The minimum absolute atomic E-state index is 0.127. The summed E-state index contributed by atoms with van der Waals surface area (Å²) in [5.74, 6) is -0.169. The molecule has 9 heteroatoms. The number of anilines is 1. The van der Waals surface area contributed by atoms with Crippen molar-refractivity contribution in [1.82, 2.24) is 10.2 Å². The number of primary sulfonamides is 1. The van der Waals surface area contributed by atoms with Crippen molar-refractivity contribution in [1.29, 1.82) is 0 Å². The minimum Gasteiger partial charge on any atom is -0.495 e. The van der Waals surface area contributed by atoms with Gasteiger partial charge in [0.2, 0.25) is 10.0 Å². The SMILES string of the molecule is COc1ccc(S(N)(=O)=O)cc1NC(=O)c1ccn[nH]1. The fourth-order valence-corrected chi connectivity index (χ4v) is 2.07. The van der Waals surface area contributed by atoms with E-state index >= 15 is 0 Å². The zero-order chi connectivity index (χ0) is 14.8. The Kier molecular flexibility index (Phi) is 3.72. The molecule has 2 aromatic rings. The Morgan fingerprint density at radius 2 is 2.15 bits per heavy atom. The number of nitrogens with zero attached hydrogens (tertiary/aromatic N) is 1. The van der Waals surface area contributed by atoms with Crippen LogP contribution in [0.5, 0.6) is 5.75 Å². The minimum atomic E-state index is -3.87. The van der Waals surface area contributed by atoms with Crippen molar-refractivity contribution in [2.75, 3.05) is 12.4 Å². The Hall–Kier alpha value is -2.39. The summed E-state index contributed by atoms with van der Waals surface area (Å²) in [5.41, 5.74) is 0.423. The number of rotatable bonds is 4. The molecule has 1 aromatic heterocycles. The van der Waals surface area contributed by atoms with Gasteiger partial charge in [-0.3, -0.25) is 9.89 Å². The lowest BCUT2D eigenvalue weighted by Gasteiger charge is -2.10. The van der Waals surface area contributed by atoms with Crippen molar-refractivity contribution in [2.45, 2.75) is 4.90 Å². The summed E-state index contributed by atoms with van der Waals surface area (Å²) in [6, 6.07) is 5.40. The number of benzene rings is 1. The second-order valence-electron chi connectivity index (χ2n) is 3.83. The van der Waals surface area contributed by atoms with Gasteiger partial charge >= 0.3 is 0 Å². The molecule has 0 bridgehead atoms. The first-order chi connectivity index (χ1) is 9.41. The van der Waals surface area contributed by atoms with E-state index in [2.05, 4.69) is 15.5 Å². The fraction of sp³-hybridized carbons (Fsp3) is 0.0909. The molecule has 0 saturated carbocycles. The van der Waals surface area contributed by atoms with Gasteiger partial charge in [-0.25, -0.2) is 13.6 Å². The summed E-state index contributed by atoms with van der Waals surface area (Å²) in [5, 5.41) is 13.7. The zero-order valence-corrected chi connectivity index (χ0v) is 11.3. The van der Waals surface area contributed by atoms with Gasteiger partial charge in [0.05, 0.1) is 17.7 Å². The van der Waals surface area contributed by atoms with Gasteiger partial charge < -0.3 is 10.1 Å². The number of aromatic amines is 1. The lowest BCUT2D eigenvalue weighted by molar-refractivity contribution is 0.102. The van der Waals surface area contributed by atoms with Crippen LogP contribution in [-0.2, 0) is 10.0 Å². The van der Waals surface area contributed by atoms with Crippen LogP contribution in [0.15, 0.2) is 35.4 Å². The maximum Gasteiger partial charge on any atom is 0.273 e. The Labute approximate surface area is 115 Å². The maximum absolute atomic E-state index is 11.9. The van der Waals surface area contributed by atoms with Gasteiger partial charge in [-0.2, -0.15) is 5.10 Å². The summed E-state index contributed by atoms with van der Waals surface area (Å²) in [6.07, 6.45) is 1.42. The van der Waals surface area contributed by atoms with Gasteiger partial charge in [0.15, 0.2) is 0 Å². The average molecular weight is 296 g/mol. The van der Waals surface area contributed by atoms with Crippen LogP contribution in [0, 0.1) is 0 Å². The van der Waals surface area contributed by atoms with E-state index in [1.54, 1.807) is 0 Å². The molecule has 106 valence electrons. The maximum atomic E-state index is 11.9. The molecule has 0 unspecified atom stereocenters. The highest BCUT2D eigenvalue weighted by Crippen LogP contribution is 2.27. The number of nitrogens with two attached hydrogens (primary N) is 1. The smallest absolute Gasteiger partial charge is 0.273 e. The molecule has 0 aliphatic heterocycles. The Balaban J connectivity index is 2.37. The number of carbonyl (C=O) groups excluding carboxylic acids is 1. The van der Waals surface area contributed by atoms with Crippen LogP contribution in [0.4, 0.5) is 5.69 Å². The lowest BCUT2D eigenvalue weighted by Crippen LogP contribution is -2.15. The standard InChI is InChI=1S/C11H12N4O4S/c1-19-10-3-2-7(20(12,17)18)6-9(10)14-11(16)8-4-5-13-15-8/h2-6H,1H3,(H,13,15)(H,14,16)(H2,12,17,18).